The fourth-order valence-electron chi connectivity index (χ4n) is 4.00. The second kappa shape index (κ2) is 5.62. The lowest BCUT2D eigenvalue weighted by atomic mass is 9.71. The Balaban J connectivity index is 1.49. The van der Waals surface area contributed by atoms with E-state index >= 15 is 0 Å². The molecule has 104 valence electrons. The third kappa shape index (κ3) is 3.00. The standard InChI is InChI=1S/C17H26N2/c1-14-6-11-18-12-15(14)13-19-16-4-9-17(10-5-16)7-2-3-8-17/h6,11-12,16,19H,2-5,7-10,13H2,1H3. The highest BCUT2D eigenvalue weighted by atomic mass is 14.9. The van der Waals surface area contributed by atoms with Gasteiger partial charge in [0.15, 0.2) is 0 Å². The molecule has 0 atom stereocenters. The van der Waals surface area contributed by atoms with Gasteiger partial charge in [-0.15, -0.1) is 0 Å². The molecule has 0 unspecified atom stereocenters. The maximum atomic E-state index is 4.23. The predicted molar refractivity (Wildman–Crippen MR) is 79.0 cm³/mol. The van der Waals surface area contributed by atoms with Gasteiger partial charge in [-0.3, -0.25) is 4.98 Å². The molecule has 0 radical (unpaired) electrons. The van der Waals surface area contributed by atoms with Crippen molar-refractivity contribution >= 4 is 0 Å². The zero-order chi connectivity index (χ0) is 13.1. The van der Waals surface area contributed by atoms with Crippen LogP contribution in [-0.2, 0) is 6.54 Å². The Morgan fingerprint density at radius 2 is 1.95 bits per heavy atom. The first-order chi connectivity index (χ1) is 9.27. The van der Waals surface area contributed by atoms with Gasteiger partial charge in [-0.05, 0) is 68.1 Å². The summed E-state index contributed by atoms with van der Waals surface area (Å²) in [6.45, 7) is 3.16. The Hall–Kier alpha value is -0.890. The molecule has 0 bridgehead atoms. The summed E-state index contributed by atoms with van der Waals surface area (Å²) in [6.07, 6.45) is 15.5. The average molecular weight is 258 g/mol. The van der Waals surface area contributed by atoms with Crippen molar-refractivity contribution in [1.82, 2.24) is 10.3 Å². The van der Waals surface area contributed by atoms with E-state index < -0.39 is 0 Å². The molecular formula is C17H26N2. The molecule has 2 fully saturated rings. The Kier molecular flexibility index (Phi) is 3.88. The molecule has 2 aliphatic carbocycles. The number of nitrogens with one attached hydrogen (secondary N) is 1. The van der Waals surface area contributed by atoms with Crippen molar-refractivity contribution < 1.29 is 0 Å². The fraction of sp³-hybridized carbons (Fsp3) is 0.706. The normalized spacial score (nSPS) is 23.0. The summed E-state index contributed by atoms with van der Waals surface area (Å²) >= 11 is 0. The minimum Gasteiger partial charge on any atom is -0.310 e. The molecule has 2 aliphatic rings. The van der Waals surface area contributed by atoms with Crippen molar-refractivity contribution in [3.8, 4) is 0 Å². The summed E-state index contributed by atoms with van der Waals surface area (Å²) in [6, 6.07) is 2.83. The number of aromatic nitrogens is 1. The smallest absolute Gasteiger partial charge is 0.0315 e. The second-order valence-electron chi connectivity index (χ2n) is 6.66. The lowest BCUT2D eigenvalue weighted by molar-refractivity contribution is 0.168. The van der Waals surface area contributed by atoms with Gasteiger partial charge in [0.2, 0.25) is 0 Å². The van der Waals surface area contributed by atoms with E-state index in [0.29, 0.717) is 0 Å². The Morgan fingerprint density at radius 1 is 1.21 bits per heavy atom. The van der Waals surface area contributed by atoms with Crippen LogP contribution in [0.5, 0.6) is 0 Å². The van der Waals surface area contributed by atoms with Crippen molar-refractivity contribution in [2.45, 2.75) is 70.9 Å². The molecule has 1 N–H and O–H groups in total. The number of aryl methyl sites for hydroxylation is 1. The minimum atomic E-state index is 0.728. The highest BCUT2D eigenvalue weighted by Crippen LogP contribution is 2.48. The molecule has 19 heavy (non-hydrogen) atoms. The molecule has 1 aromatic heterocycles. The number of rotatable bonds is 3. The average Bonchev–Trinajstić information content (AvgIpc) is 2.88. The quantitative estimate of drug-likeness (QED) is 0.887. The Morgan fingerprint density at radius 3 is 2.63 bits per heavy atom. The third-order valence-corrected chi connectivity index (χ3v) is 5.44. The largest absolute Gasteiger partial charge is 0.310 e. The zero-order valence-corrected chi connectivity index (χ0v) is 12.1. The summed E-state index contributed by atoms with van der Waals surface area (Å²) in [5.74, 6) is 0. The predicted octanol–water partition coefficient (Wildman–Crippen LogP) is 3.98. The van der Waals surface area contributed by atoms with Gasteiger partial charge >= 0.3 is 0 Å². The van der Waals surface area contributed by atoms with Crippen LogP contribution in [0.3, 0.4) is 0 Å². The van der Waals surface area contributed by atoms with Gasteiger partial charge in [0, 0.05) is 25.0 Å². The summed E-state index contributed by atoms with van der Waals surface area (Å²) in [5.41, 5.74) is 3.46. The van der Waals surface area contributed by atoms with E-state index in [9.17, 15) is 0 Å². The molecule has 0 saturated heterocycles. The van der Waals surface area contributed by atoms with E-state index in [4.69, 9.17) is 0 Å². The van der Waals surface area contributed by atoms with E-state index in [2.05, 4.69) is 23.3 Å². The van der Waals surface area contributed by atoms with Crippen LogP contribution in [0.25, 0.3) is 0 Å². The SMILES string of the molecule is Cc1ccncc1CNC1CCC2(CCCC2)CC1. The Labute approximate surface area is 117 Å². The molecule has 0 aliphatic heterocycles. The zero-order valence-electron chi connectivity index (χ0n) is 12.1. The van der Waals surface area contributed by atoms with Crippen LogP contribution in [0, 0.1) is 12.3 Å². The lowest BCUT2D eigenvalue weighted by Gasteiger charge is -2.37. The van der Waals surface area contributed by atoms with Gasteiger partial charge in [-0.25, -0.2) is 0 Å². The summed E-state index contributed by atoms with van der Waals surface area (Å²) in [5, 5.41) is 3.75. The van der Waals surface area contributed by atoms with Gasteiger partial charge in [0.05, 0.1) is 0 Å². The third-order valence-electron chi connectivity index (χ3n) is 5.44. The number of hydrogen-bond donors (Lipinski definition) is 1. The van der Waals surface area contributed by atoms with Crippen LogP contribution in [0.1, 0.15) is 62.5 Å². The molecule has 0 amide bonds. The monoisotopic (exact) mass is 258 g/mol. The van der Waals surface area contributed by atoms with E-state index in [1.54, 1.807) is 0 Å². The first kappa shape index (κ1) is 13.1. The van der Waals surface area contributed by atoms with Crippen LogP contribution in [0.2, 0.25) is 0 Å². The molecule has 1 heterocycles. The molecule has 2 saturated carbocycles. The minimum absolute atomic E-state index is 0.728. The van der Waals surface area contributed by atoms with Crippen molar-refractivity contribution in [1.29, 1.82) is 0 Å². The van der Waals surface area contributed by atoms with Gasteiger partial charge in [-0.1, -0.05) is 12.8 Å². The first-order valence-corrected chi connectivity index (χ1v) is 7.90. The maximum absolute atomic E-state index is 4.23. The Bertz CT molecular complexity index is 411. The van der Waals surface area contributed by atoms with Crippen LogP contribution in [0.15, 0.2) is 18.5 Å². The van der Waals surface area contributed by atoms with Crippen molar-refractivity contribution in [3.63, 3.8) is 0 Å². The van der Waals surface area contributed by atoms with Crippen molar-refractivity contribution in [2.75, 3.05) is 0 Å². The summed E-state index contributed by atoms with van der Waals surface area (Å²) < 4.78 is 0. The van der Waals surface area contributed by atoms with Gasteiger partial charge in [-0.2, -0.15) is 0 Å². The first-order valence-electron chi connectivity index (χ1n) is 7.90. The molecule has 2 heteroatoms. The van der Waals surface area contributed by atoms with E-state index in [1.807, 2.05) is 12.4 Å². The summed E-state index contributed by atoms with van der Waals surface area (Å²) in [4.78, 5) is 4.23. The summed E-state index contributed by atoms with van der Waals surface area (Å²) in [7, 11) is 0. The van der Waals surface area contributed by atoms with E-state index in [1.165, 1.54) is 62.5 Å². The molecular weight excluding hydrogens is 232 g/mol. The van der Waals surface area contributed by atoms with Gasteiger partial charge in [0.1, 0.15) is 0 Å². The second-order valence-corrected chi connectivity index (χ2v) is 6.66. The van der Waals surface area contributed by atoms with Gasteiger partial charge in [0.25, 0.3) is 0 Å². The number of nitrogens with zero attached hydrogens (tertiary/aromatic N) is 1. The molecule has 1 spiro atoms. The van der Waals surface area contributed by atoms with Crippen LogP contribution in [-0.4, -0.2) is 11.0 Å². The molecule has 3 rings (SSSR count). The molecule has 0 aromatic carbocycles. The van der Waals surface area contributed by atoms with E-state index in [0.717, 1.165) is 18.0 Å². The van der Waals surface area contributed by atoms with Crippen molar-refractivity contribution in [2.24, 2.45) is 5.41 Å². The van der Waals surface area contributed by atoms with Crippen LogP contribution >= 0.6 is 0 Å². The van der Waals surface area contributed by atoms with Crippen LogP contribution in [0.4, 0.5) is 0 Å². The van der Waals surface area contributed by atoms with Crippen LogP contribution < -0.4 is 5.32 Å². The molecule has 1 aromatic rings. The number of hydrogen-bond acceptors (Lipinski definition) is 2. The maximum Gasteiger partial charge on any atom is 0.0315 e. The lowest BCUT2D eigenvalue weighted by Crippen LogP contribution is -2.36. The topological polar surface area (TPSA) is 24.9 Å². The highest BCUT2D eigenvalue weighted by molar-refractivity contribution is 5.21. The fourth-order valence-corrected chi connectivity index (χ4v) is 4.00. The van der Waals surface area contributed by atoms with Crippen molar-refractivity contribution in [3.05, 3.63) is 29.6 Å². The highest BCUT2D eigenvalue weighted by Gasteiger charge is 2.37. The van der Waals surface area contributed by atoms with Gasteiger partial charge < -0.3 is 5.32 Å². The number of pyridine rings is 1. The molecule has 2 nitrogen and oxygen atoms in total. The van der Waals surface area contributed by atoms with E-state index in [-0.39, 0.29) is 0 Å².